The van der Waals surface area contributed by atoms with Crippen LogP contribution < -0.4 is 11.1 Å². The number of nitrogen functional groups attached to an aromatic ring is 1. The summed E-state index contributed by atoms with van der Waals surface area (Å²) in [6.45, 7) is 0.728. The van der Waals surface area contributed by atoms with Crippen molar-refractivity contribution in [2.75, 3.05) is 17.7 Å². The molecule has 1 amide bonds. The molecular formula is C13H18N2O3. The standard InChI is InChI=1S/C13H18N2O3/c14-11-5-4-9(16)7-12(11)15-13(17)8-10-3-1-2-6-18-10/h4-5,7,10,16H,1-3,6,8,14H2,(H,15,17). The van der Waals surface area contributed by atoms with Gasteiger partial charge in [-0.2, -0.15) is 0 Å². The van der Waals surface area contributed by atoms with Crippen LogP contribution in [0.4, 0.5) is 11.4 Å². The van der Waals surface area contributed by atoms with E-state index in [2.05, 4.69) is 5.32 Å². The zero-order valence-corrected chi connectivity index (χ0v) is 10.2. The highest BCUT2D eigenvalue weighted by Gasteiger charge is 2.18. The number of phenolic OH excluding ortho intramolecular Hbond substituents is 1. The van der Waals surface area contributed by atoms with E-state index in [9.17, 15) is 9.90 Å². The Balaban J connectivity index is 1.92. The molecule has 0 aliphatic carbocycles. The summed E-state index contributed by atoms with van der Waals surface area (Å²) in [4.78, 5) is 11.8. The van der Waals surface area contributed by atoms with Crippen LogP contribution in [-0.4, -0.2) is 23.7 Å². The maximum absolute atomic E-state index is 11.8. The molecule has 0 aromatic heterocycles. The third-order valence-corrected chi connectivity index (χ3v) is 3.00. The van der Waals surface area contributed by atoms with Gasteiger partial charge in [0.05, 0.1) is 23.9 Å². The Morgan fingerprint density at radius 2 is 2.33 bits per heavy atom. The number of nitrogens with two attached hydrogens (primary N) is 1. The van der Waals surface area contributed by atoms with Crippen LogP contribution in [0, 0.1) is 0 Å². The second-order valence-corrected chi connectivity index (χ2v) is 4.51. The lowest BCUT2D eigenvalue weighted by molar-refractivity contribution is -0.119. The molecule has 1 aliphatic rings. The van der Waals surface area contributed by atoms with Crippen molar-refractivity contribution in [3.05, 3.63) is 18.2 Å². The van der Waals surface area contributed by atoms with E-state index in [0.717, 1.165) is 25.9 Å². The van der Waals surface area contributed by atoms with Crippen LogP contribution >= 0.6 is 0 Å². The van der Waals surface area contributed by atoms with Gasteiger partial charge in [-0.3, -0.25) is 4.79 Å². The number of hydrogen-bond donors (Lipinski definition) is 3. The lowest BCUT2D eigenvalue weighted by Crippen LogP contribution is -2.25. The molecule has 18 heavy (non-hydrogen) atoms. The number of phenols is 1. The molecule has 0 saturated carbocycles. The topological polar surface area (TPSA) is 84.6 Å². The lowest BCUT2D eigenvalue weighted by atomic mass is 10.1. The number of hydrogen-bond acceptors (Lipinski definition) is 4. The van der Waals surface area contributed by atoms with Gasteiger partial charge in [0.25, 0.3) is 0 Å². The summed E-state index contributed by atoms with van der Waals surface area (Å²) in [5.74, 6) is -0.0624. The first-order chi connectivity index (χ1) is 8.65. The number of anilines is 2. The highest BCUT2D eigenvalue weighted by Crippen LogP contribution is 2.24. The summed E-state index contributed by atoms with van der Waals surface area (Å²) in [6, 6.07) is 4.48. The van der Waals surface area contributed by atoms with Gasteiger partial charge < -0.3 is 20.9 Å². The van der Waals surface area contributed by atoms with Gasteiger partial charge in [-0.1, -0.05) is 0 Å². The number of carbonyl (C=O) groups excluding carboxylic acids is 1. The number of carbonyl (C=O) groups is 1. The van der Waals surface area contributed by atoms with E-state index >= 15 is 0 Å². The molecule has 1 unspecified atom stereocenters. The Morgan fingerprint density at radius 1 is 1.50 bits per heavy atom. The first-order valence-corrected chi connectivity index (χ1v) is 6.15. The fraction of sp³-hybridized carbons (Fsp3) is 0.462. The summed E-state index contributed by atoms with van der Waals surface area (Å²) in [5, 5.41) is 12.0. The van der Waals surface area contributed by atoms with Gasteiger partial charge >= 0.3 is 0 Å². The molecule has 1 aromatic rings. The van der Waals surface area contributed by atoms with Crippen molar-refractivity contribution in [1.29, 1.82) is 0 Å². The van der Waals surface area contributed by atoms with Gasteiger partial charge in [-0.05, 0) is 31.4 Å². The zero-order chi connectivity index (χ0) is 13.0. The third kappa shape index (κ3) is 3.37. The molecule has 1 saturated heterocycles. The van der Waals surface area contributed by atoms with Crippen LogP contribution in [0.2, 0.25) is 0 Å². The summed E-state index contributed by atoms with van der Waals surface area (Å²) < 4.78 is 5.50. The molecule has 4 N–H and O–H groups in total. The number of benzene rings is 1. The average molecular weight is 250 g/mol. The van der Waals surface area contributed by atoms with Crippen molar-refractivity contribution in [2.24, 2.45) is 0 Å². The Kier molecular flexibility index (Phi) is 4.04. The van der Waals surface area contributed by atoms with E-state index < -0.39 is 0 Å². The Labute approximate surface area is 106 Å². The molecule has 1 aliphatic heterocycles. The minimum Gasteiger partial charge on any atom is -0.508 e. The molecule has 5 heteroatoms. The maximum Gasteiger partial charge on any atom is 0.227 e. The van der Waals surface area contributed by atoms with Crippen molar-refractivity contribution in [1.82, 2.24) is 0 Å². The van der Waals surface area contributed by atoms with E-state index in [1.807, 2.05) is 0 Å². The van der Waals surface area contributed by atoms with Crippen molar-refractivity contribution in [3.8, 4) is 5.75 Å². The SMILES string of the molecule is Nc1ccc(O)cc1NC(=O)CC1CCCCO1. The largest absolute Gasteiger partial charge is 0.508 e. The highest BCUT2D eigenvalue weighted by molar-refractivity contribution is 5.94. The number of rotatable bonds is 3. The predicted octanol–water partition coefficient (Wildman–Crippen LogP) is 1.87. The second-order valence-electron chi connectivity index (χ2n) is 4.51. The van der Waals surface area contributed by atoms with Gasteiger partial charge in [-0.25, -0.2) is 0 Å². The Hall–Kier alpha value is -1.75. The van der Waals surface area contributed by atoms with Crippen LogP contribution in [0.25, 0.3) is 0 Å². The van der Waals surface area contributed by atoms with Crippen LogP contribution in [0.15, 0.2) is 18.2 Å². The smallest absolute Gasteiger partial charge is 0.227 e. The quantitative estimate of drug-likeness (QED) is 0.565. The van der Waals surface area contributed by atoms with Crippen molar-refractivity contribution < 1.29 is 14.6 Å². The first kappa shape index (κ1) is 12.7. The van der Waals surface area contributed by atoms with Gasteiger partial charge in [0.2, 0.25) is 5.91 Å². The molecule has 2 rings (SSSR count). The summed E-state index contributed by atoms with van der Waals surface area (Å²) in [6.07, 6.45) is 3.42. The number of nitrogens with one attached hydrogen (secondary N) is 1. The van der Waals surface area contributed by atoms with Crippen molar-refractivity contribution in [2.45, 2.75) is 31.8 Å². The predicted molar refractivity (Wildman–Crippen MR) is 69.4 cm³/mol. The zero-order valence-electron chi connectivity index (χ0n) is 10.2. The minimum atomic E-state index is -0.140. The summed E-state index contributed by atoms with van der Waals surface area (Å²) >= 11 is 0. The normalized spacial score (nSPS) is 19.4. The molecule has 98 valence electrons. The van der Waals surface area contributed by atoms with E-state index in [0.29, 0.717) is 17.8 Å². The lowest BCUT2D eigenvalue weighted by Gasteiger charge is -2.22. The van der Waals surface area contributed by atoms with E-state index in [4.69, 9.17) is 10.5 Å². The molecule has 1 heterocycles. The third-order valence-electron chi connectivity index (χ3n) is 3.00. The van der Waals surface area contributed by atoms with Gasteiger partial charge in [0, 0.05) is 12.7 Å². The van der Waals surface area contributed by atoms with E-state index in [1.165, 1.54) is 12.1 Å². The maximum atomic E-state index is 11.8. The van der Waals surface area contributed by atoms with E-state index in [1.54, 1.807) is 6.07 Å². The number of ether oxygens (including phenoxy) is 1. The minimum absolute atomic E-state index is 0.00252. The Morgan fingerprint density at radius 3 is 3.06 bits per heavy atom. The highest BCUT2D eigenvalue weighted by atomic mass is 16.5. The fourth-order valence-electron chi connectivity index (χ4n) is 2.03. The second kappa shape index (κ2) is 5.73. The van der Waals surface area contributed by atoms with Gasteiger partial charge in [-0.15, -0.1) is 0 Å². The van der Waals surface area contributed by atoms with Crippen LogP contribution in [-0.2, 0) is 9.53 Å². The van der Waals surface area contributed by atoms with Crippen molar-refractivity contribution in [3.63, 3.8) is 0 Å². The molecule has 0 bridgehead atoms. The summed E-state index contributed by atoms with van der Waals surface area (Å²) in [7, 11) is 0. The molecule has 1 atom stereocenters. The monoisotopic (exact) mass is 250 g/mol. The molecule has 0 radical (unpaired) electrons. The van der Waals surface area contributed by atoms with Gasteiger partial charge in [0.15, 0.2) is 0 Å². The Bertz CT molecular complexity index is 428. The molecular weight excluding hydrogens is 232 g/mol. The number of aromatic hydroxyl groups is 1. The van der Waals surface area contributed by atoms with Gasteiger partial charge in [0.1, 0.15) is 5.75 Å². The first-order valence-electron chi connectivity index (χ1n) is 6.15. The van der Waals surface area contributed by atoms with Crippen LogP contribution in [0.5, 0.6) is 5.75 Å². The fourth-order valence-corrected chi connectivity index (χ4v) is 2.03. The number of amides is 1. The molecule has 1 aromatic carbocycles. The molecule has 1 fully saturated rings. The van der Waals surface area contributed by atoms with Crippen LogP contribution in [0.1, 0.15) is 25.7 Å². The summed E-state index contributed by atoms with van der Waals surface area (Å²) in [5.41, 5.74) is 6.59. The average Bonchev–Trinajstić information content (AvgIpc) is 2.35. The molecule has 5 nitrogen and oxygen atoms in total. The van der Waals surface area contributed by atoms with Crippen molar-refractivity contribution >= 4 is 17.3 Å². The van der Waals surface area contributed by atoms with Crippen LogP contribution in [0.3, 0.4) is 0 Å². The molecule has 0 spiro atoms. The van der Waals surface area contributed by atoms with E-state index in [-0.39, 0.29) is 17.8 Å².